The molecule has 2 rings (SSSR count). The second-order valence-electron chi connectivity index (χ2n) is 4.36. The molecule has 0 aliphatic rings. The van der Waals surface area contributed by atoms with Crippen LogP contribution in [0.4, 0.5) is 0 Å². The third-order valence-electron chi connectivity index (χ3n) is 2.63. The van der Waals surface area contributed by atoms with E-state index in [1.807, 2.05) is 16.8 Å². The lowest BCUT2D eigenvalue weighted by atomic mass is 10.0. The molecule has 0 saturated heterocycles. The van der Waals surface area contributed by atoms with Crippen molar-refractivity contribution in [1.82, 2.24) is 5.32 Å². The van der Waals surface area contributed by atoms with E-state index in [1.165, 1.54) is 12.3 Å². The quantitative estimate of drug-likeness (QED) is 0.825. The van der Waals surface area contributed by atoms with E-state index in [2.05, 4.69) is 5.32 Å². The second kappa shape index (κ2) is 5.86. The fraction of sp³-hybridized carbons (Fsp3) is 0.214. The Morgan fingerprint density at radius 1 is 1.58 bits per heavy atom. The molecule has 1 atom stereocenters. The van der Waals surface area contributed by atoms with E-state index < -0.39 is 5.60 Å². The van der Waals surface area contributed by atoms with Crippen molar-refractivity contribution >= 4 is 23.3 Å². The number of carbonyl (C=O) groups excluding carboxylic acids is 1. The molecular weight excluding hydrogens is 262 g/mol. The third kappa shape index (κ3) is 3.81. The van der Waals surface area contributed by atoms with Gasteiger partial charge in [0.05, 0.1) is 12.8 Å². The van der Waals surface area contributed by atoms with E-state index in [0.29, 0.717) is 5.76 Å². The minimum Gasteiger partial charge on any atom is -0.466 e. The van der Waals surface area contributed by atoms with Crippen molar-refractivity contribution in [2.24, 2.45) is 0 Å². The van der Waals surface area contributed by atoms with Gasteiger partial charge in [-0.05, 0) is 47.5 Å². The molecule has 2 aromatic rings. The standard InChI is InChI=1S/C14H15NO3S/c1-14(17,12-3-2-7-18-12)10-15-13(16)5-4-11-6-8-19-9-11/h2-9,17H,10H2,1H3,(H,15,16)/b5-4+. The first kappa shape index (κ1) is 13.6. The molecule has 0 aromatic carbocycles. The van der Waals surface area contributed by atoms with Gasteiger partial charge in [-0.3, -0.25) is 4.79 Å². The van der Waals surface area contributed by atoms with Crippen LogP contribution < -0.4 is 5.32 Å². The Bertz CT molecular complexity index is 541. The Hall–Kier alpha value is -1.85. The monoisotopic (exact) mass is 277 g/mol. The van der Waals surface area contributed by atoms with E-state index in [0.717, 1.165) is 5.56 Å². The molecule has 0 saturated carbocycles. The average Bonchev–Trinajstić information content (AvgIpc) is 3.06. The molecule has 0 bridgehead atoms. The maximum Gasteiger partial charge on any atom is 0.244 e. The maximum absolute atomic E-state index is 11.6. The van der Waals surface area contributed by atoms with Crippen LogP contribution in [0.1, 0.15) is 18.2 Å². The topological polar surface area (TPSA) is 62.5 Å². The molecule has 2 heterocycles. The summed E-state index contributed by atoms with van der Waals surface area (Å²) < 4.78 is 5.13. The first-order valence-electron chi connectivity index (χ1n) is 5.82. The van der Waals surface area contributed by atoms with Gasteiger partial charge in [-0.1, -0.05) is 0 Å². The molecule has 4 nitrogen and oxygen atoms in total. The Balaban J connectivity index is 1.87. The summed E-state index contributed by atoms with van der Waals surface area (Å²) in [4.78, 5) is 11.6. The number of hydrogen-bond acceptors (Lipinski definition) is 4. The van der Waals surface area contributed by atoms with E-state index in [-0.39, 0.29) is 12.5 Å². The van der Waals surface area contributed by atoms with Crippen molar-refractivity contribution in [3.63, 3.8) is 0 Å². The molecule has 0 radical (unpaired) electrons. The van der Waals surface area contributed by atoms with Crippen LogP contribution in [0.25, 0.3) is 6.08 Å². The highest BCUT2D eigenvalue weighted by Crippen LogP contribution is 2.19. The number of furan rings is 1. The summed E-state index contributed by atoms with van der Waals surface area (Å²) in [6, 6.07) is 5.29. The summed E-state index contributed by atoms with van der Waals surface area (Å²) in [6.45, 7) is 1.68. The molecule has 1 unspecified atom stereocenters. The Morgan fingerprint density at radius 3 is 3.05 bits per heavy atom. The summed E-state index contributed by atoms with van der Waals surface area (Å²) in [5.41, 5.74) is -0.229. The Morgan fingerprint density at radius 2 is 2.42 bits per heavy atom. The highest BCUT2D eigenvalue weighted by Gasteiger charge is 2.26. The summed E-state index contributed by atoms with van der Waals surface area (Å²) in [5.74, 6) is 0.174. The Kier molecular flexibility index (Phi) is 4.19. The zero-order valence-electron chi connectivity index (χ0n) is 10.5. The molecule has 5 heteroatoms. The smallest absolute Gasteiger partial charge is 0.244 e. The molecule has 2 aromatic heterocycles. The van der Waals surface area contributed by atoms with E-state index in [4.69, 9.17) is 4.42 Å². The van der Waals surface area contributed by atoms with Crippen molar-refractivity contribution < 1.29 is 14.3 Å². The fourth-order valence-corrected chi connectivity index (χ4v) is 2.16. The zero-order valence-corrected chi connectivity index (χ0v) is 11.3. The Labute approximate surface area is 115 Å². The highest BCUT2D eigenvalue weighted by molar-refractivity contribution is 7.08. The lowest BCUT2D eigenvalue weighted by molar-refractivity contribution is -0.117. The highest BCUT2D eigenvalue weighted by atomic mass is 32.1. The van der Waals surface area contributed by atoms with Crippen LogP contribution >= 0.6 is 11.3 Å². The van der Waals surface area contributed by atoms with Crippen LogP contribution in [-0.4, -0.2) is 17.6 Å². The molecule has 1 amide bonds. The SMILES string of the molecule is CC(O)(CNC(=O)/C=C/c1ccsc1)c1ccco1. The van der Waals surface area contributed by atoms with Crippen LogP contribution in [0.3, 0.4) is 0 Å². The fourth-order valence-electron chi connectivity index (χ4n) is 1.53. The molecule has 0 spiro atoms. The number of amides is 1. The first-order chi connectivity index (χ1) is 9.08. The number of carbonyl (C=O) groups is 1. The van der Waals surface area contributed by atoms with E-state index in [9.17, 15) is 9.90 Å². The number of nitrogens with one attached hydrogen (secondary N) is 1. The third-order valence-corrected chi connectivity index (χ3v) is 3.33. The van der Waals surface area contributed by atoms with Gasteiger partial charge in [0.15, 0.2) is 0 Å². The normalized spacial score (nSPS) is 14.4. The number of rotatable bonds is 5. The van der Waals surface area contributed by atoms with Crippen molar-refractivity contribution in [3.8, 4) is 0 Å². The predicted molar refractivity (Wildman–Crippen MR) is 74.6 cm³/mol. The molecule has 0 aliphatic heterocycles. The van der Waals surface area contributed by atoms with Gasteiger partial charge in [0.1, 0.15) is 11.4 Å². The molecular formula is C14H15NO3S. The van der Waals surface area contributed by atoms with Crippen molar-refractivity contribution in [1.29, 1.82) is 0 Å². The molecule has 0 aliphatic carbocycles. The number of hydrogen-bond donors (Lipinski definition) is 2. The predicted octanol–water partition coefficient (Wildman–Crippen LogP) is 2.38. The number of thiophene rings is 1. The number of aliphatic hydroxyl groups is 1. The van der Waals surface area contributed by atoms with Crippen LogP contribution in [0, 0.1) is 0 Å². The molecule has 100 valence electrons. The molecule has 2 N–H and O–H groups in total. The van der Waals surface area contributed by atoms with Crippen LogP contribution in [-0.2, 0) is 10.4 Å². The minimum absolute atomic E-state index is 0.0906. The van der Waals surface area contributed by atoms with Gasteiger partial charge in [-0.25, -0.2) is 0 Å². The zero-order chi connectivity index (χ0) is 13.7. The van der Waals surface area contributed by atoms with E-state index in [1.54, 1.807) is 36.5 Å². The van der Waals surface area contributed by atoms with Gasteiger partial charge < -0.3 is 14.8 Å². The van der Waals surface area contributed by atoms with Crippen molar-refractivity contribution in [2.45, 2.75) is 12.5 Å². The van der Waals surface area contributed by atoms with Gasteiger partial charge in [-0.15, -0.1) is 0 Å². The largest absolute Gasteiger partial charge is 0.466 e. The first-order valence-corrected chi connectivity index (χ1v) is 6.77. The maximum atomic E-state index is 11.6. The van der Waals surface area contributed by atoms with Crippen molar-refractivity contribution in [2.75, 3.05) is 6.54 Å². The van der Waals surface area contributed by atoms with Gasteiger partial charge in [0.2, 0.25) is 5.91 Å². The summed E-state index contributed by atoms with van der Waals surface area (Å²) in [5, 5.41) is 16.7. The van der Waals surface area contributed by atoms with Crippen LogP contribution in [0.15, 0.2) is 45.7 Å². The second-order valence-corrected chi connectivity index (χ2v) is 5.14. The van der Waals surface area contributed by atoms with Crippen LogP contribution in [0.5, 0.6) is 0 Å². The summed E-state index contributed by atoms with van der Waals surface area (Å²) in [6.07, 6.45) is 4.66. The average molecular weight is 277 g/mol. The van der Waals surface area contributed by atoms with Crippen LogP contribution in [0.2, 0.25) is 0 Å². The minimum atomic E-state index is -1.21. The van der Waals surface area contributed by atoms with E-state index >= 15 is 0 Å². The van der Waals surface area contributed by atoms with Crippen molar-refractivity contribution in [3.05, 3.63) is 52.6 Å². The van der Waals surface area contributed by atoms with Gasteiger partial charge in [0, 0.05) is 6.08 Å². The summed E-state index contributed by atoms with van der Waals surface area (Å²) >= 11 is 1.57. The summed E-state index contributed by atoms with van der Waals surface area (Å²) in [7, 11) is 0. The van der Waals surface area contributed by atoms with Gasteiger partial charge in [0.25, 0.3) is 0 Å². The lowest BCUT2D eigenvalue weighted by Gasteiger charge is -2.20. The molecule has 0 fully saturated rings. The van der Waals surface area contributed by atoms with Gasteiger partial charge >= 0.3 is 0 Å². The van der Waals surface area contributed by atoms with Gasteiger partial charge in [-0.2, -0.15) is 11.3 Å². The molecule has 19 heavy (non-hydrogen) atoms. The lowest BCUT2D eigenvalue weighted by Crippen LogP contribution is -2.37.